The molecule has 0 rings (SSSR count). The molecule has 7 heavy (non-hydrogen) atoms. The van der Waals surface area contributed by atoms with Crippen LogP contribution >= 0.6 is 0 Å². The van der Waals surface area contributed by atoms with Gasteiger partial charge in [-0.05, 0) is 0 Å². The molecule has 0 amide bonds. The standard InChI is InChI=1S/C6H12Ge/c1-5-6-7(2,3)4/h1-4H3. The van der Waals surface area contributed by atoms with Crippen LogP contribution in [0.15, 0.2) is 0 Å². The summed E-state index contributed by atoms with van der Waals surface area (Å²) in [4.78, 5) is 0. The van der Waals surface area contributed by atoms with E-state index in [9.17, 15) is 0 Å². The summed E-state index contributed by atoms with van der Waals surface area (Å²) < 4.78 is 3.22. The van der Waals surface area contributed by atoms with E-state index < -0.39 is 13.3 Å². The molecule has 0 aromatic heterocycles. The molecule has 0 aliphatic rings. The van der Waals surface area contributed by atoms with Crippen LogP contribution in [0.5, 0.6) is 0 Å². The Bertz CT molecular complexity index is 97.6. The van der Waals surface area contributed by atoms with Gasteiger partial charge in [-0.15, -0.1) is 0 Å². The van der Waals surface area contributed by atoms with Crippen molar-refractivity contribution in [2.24, 2.45) is 0 Å². The molecule has 0 spiro atoms. The third-order valence-electron chi connectivity index (χ3n) is 0.500. The summed E-state index contributed by atoms with van der Waals surface area (Å²) >= 11 is -1.44. The van der Waals surface area contributed by atoms with Crippen LogP contribution < -0.4 is 0 Å². The molecule has 40 valence electrons. The van der Waals surface area contributed by atoms with Gasteiger partial charge in [0.2, 0.25) is 0 Å². The van der Waals surface area contributed by atoms with Gasteiger partial charge in [0.05, 0.1) is 0 Å². The van der Waals surface area contributed by atoms with Crippen molar-refractivity contribution in [3.8, 4) is 10.7 Å². The van der Waals surface area contributed by atoms with Crippen molar-refractivity contribution in [1.82, 2.24) is 0 Å². The Balaban J connectivity index is 3.72. The zero-order valence-electron chi connectivity index (χ0n) is 5.50. The Labute approximate surface area is 48.7 Å². The van der Waals surface area contributed by atoms with Crippen LogP contribution in [0.25, 0.3) is 0 Å². The van der Waals surface area contributed by atoms with Gasteiger partial charge in [0.15, 0.2) is 0 Å². The number of rotatable bonds is 0. The zero-order valence-corrected chi connectivity index (χ0v) is 7.60. The molecule has 0 heterocycles. The second-order valence-corrected chi connectivity index (χ2v) is 12.6. The van der Waals surface area contributed by atoms with Crippen molar-refractivity contribution in [2.45, 2.75) is 24.2 Å². The Morgan fingerprint density at radius 3 is 1.57 bits per heavy atom. The van der Waals surface area contributed by atoms with Crippen LogP contribution in [-0.4, -0.2) is 13.3 Å². The molecule has 0 aliphatic carbocycles. The molecule has 0 unspecified atom stereocenters. The molecule has 0 aromatic carbocycles. The second-order valence-electron chi connectivity index (χ2n) is 2.62. The average molecular weight is 157 g/mol. The minimum atomic E-state index is -1.44. The van der Waals surface area contributed by atoms with Gasteiger partial charge >= 0.3 is 48.1 Å². The normalized spacial score (nSPS) is 9.71. The van der Waals surface area contributed by atoms with Gasteiger partial charge in [0.1, 0.15) is 0 Å². The number of hydrogen-bond acceptors (Lipinski definition) is 0. The van der Waals surface area contributed by atoms with E-state index in [1.165, 1.54) is 0 Å². The van der Waals surface area contributed by atoms with E-state index in [1.54, 1.807) is 0 Å². The minimum absolute atomic E-state index is 1.44. The first kappa shape index (κ1) is 7.10. The Kier molecular flexibility index (Phi) is 2.46. The van der Waals surface area contributed by atoms with Gasteiger partial charge < -0.3 is 0 Å². The third-order valence-corrected chi connectivity index (χ3v) is 2.60. The van der Waals surface area contributed by atoms with Crippen molar-refractivity contribution >= 4 is 13.3 Å². The van der Waals surface area contributed by atoms with Gasteiger partial charge in [-0.2, -0.15) is 0 Å². The summed E-state index contributed by atoms with van der Waals surface area (Å²) in [5.41, 5.74) is 0. The molecule has 0 N–H and O–H groups in total. The third kappa shape index (κ3) is 6.10. The summed E-state index contributed by atoms with van der Waals surface area (Å²) in [5, 5.41) is 0. The predicted octanol–water partition coefficient (Wildman–Crippen LogP) is 1.89. The Morgan fingerprint density at radius 1 is 1.14 bits per heavy atom. The fourth-order valence-electron chi connectivity index (χ4n) is 0.375. The fourth-order valence-corrected chi connectivity index (χ4v) is 1.95. The van der Waals surface area contributed by atoms with Gasteiger partial charge in [-0.1, -0.05) is 0 Å². The quantitative estimate of drug-likeness (QED) is 0.371. The first-order chi connectivity index (χ1) is 3.06. The van der Waals surface area contributed by atoms with E-state index in [1.807, 2.05) is 6.92 Å². The summed E-state index contributed by atoms with van der Waals surface area (Å²) in [6.07, 6.45) is 0. The van der Waals surface area contributed by atoms with E-state index in [0.29, 0.717) is 0 Å². The maximum atomic E-state index is 3.22. The van der Waals surface area contributed by atoms with Gasteiger partial charge in [-0.3, -0.25) is 0 Å². The molecular weight excluding hydrogens is 145 g/mol. The summed E-state index contributed by atoms with van der Waals surface area (Å²) in [7, 11) is 0. The van der Waals surface area contributed by atoms with Gasteiger partial charge in [-0.25, -0.2) is 0 Å². The van der Waals surface area contributed by atoms with Crippen LogP contribution in [-0.2, 0) is 0 Å². The fraction of sp³-hybridized carbons (Fsp3) is 0.667. The van der Waals surface area contributed by atoms with Crippen molar-refractivity contribution in [3.05, 3.63) is 0 Å². The van der Waals surface area contributed by atoms with Gasteiger partial charge in [0, 0.05) is 0 Å². The van der Waals surface area contributed by atoms with Crippen LogP contribution in [0.2, 0.25) is 17.3 Å². The summed E-state index contributed by atoms with van der Waals surface area (Å²) in [6, 6.07) is 0. The van der Waals surface area contributed by atoms with E-state index in [2.05, 4.69) is 27.9 Å². The van der Waals surface area contributed by atoms with Gasteiger partial charge in [0.25, 0.3) is 0 Å². The molecule has 0 bridgehead atoms. The van der Waals surface area contributed by atoms with Crippen molar-refractivity contribution in [3.63, 3.8) is 0 Å². The Hall–Kier alpha value is 0.103. The molecule has 0 saturated heterocycles. The molecule has 1 heteroatoms. The molecular formula is C6H12Ge. The van der Waals surface area contributed by atoms with Crippen LogP contribution in [0, 0.1) is 10.7 Å². The van der Waals surface area contributed by atoms with E-state index in [4.69, 9.17) is 0 Å². The summed E-state index contributed by atoms with van der Waals surface area (Å²) in [6.45, 7) is 1.91. The van der Waals surface area contributed by atoms with Crippen LogP contribution in [0.3, 0.4) is 0 Å². The number of hydrogen-bond donors (Lipinski definition) is 0. The van der Waals surface area contributed by atoms with Crippen molar-refractivity contribution in [1.29, 1.82) is 0 Å². The monoisotopic (exact) mass is 158 g/mol. The SMILES string of the molecule is CC#[C][Ge]([CH3])([CH3])[CH3]. The Morgan fingerprint density at radius 2 is 1.57 bits per heavy atom. The molecule has 0 nitrogen and oxygen atoms in total. The van der Waals surface area contributed by atoms with Crippen LogP contribution in [0.4, 0.5) is 0 Å². The van der Waals surface area contributed by atoms with E-state index in [0.717, 1.165) is 0 Å². The van der Waals surface area contributed by atoms with Crippen molar-refractivity contribution in [2.75, 3.05) is 0 Å². The topological polar surface area (TPSA) is 0 Å². The van der Waals surface area contributed by atoms with Crippen molar-refractivity contribution < 1.29 is 0 Å². The van der Waals surface area contributed by atoms with E-state index in [-0.39, 0.29) is 0 Å². The first-order valence-corrected chi connectivity index (χ1v) is 9.84. The molecule has 0 aliphatic heterocycles. The predicted molar refractivity (Wildman–Crippen MR) is 36.8 cm³/mol. The van der Waals surface area contributed by atoms with Crippen LogP contribution in [0.1, 0.15) is 6.92 Å². The second kappa shape index (κ2) is 2.42. The molecule has 0 saturated carbocycles. The molecule has 0 atom stereocenters. The first-order valence-electron chi connectivity index (χ1n) is 2.50. The van der Waals surface area contributed by atoms with E-state index >= 15 is 0 Å². The molecule has 0 radical (unpaired) electrons. The maximum absolute atomic E-state index is 3.22. The molecule has 0 fully saturated rings. The average Bonchev–Trinajstić information content (AvgIpc) is 1.30. The summed E-state index contributed by atoms with van der Waals surface area (Å²) in [5.74, 6) is 9.81. The molecule has 0 aromatic rings. The zero-order chi connectivity index (χ0) is 5.91.